The van der Waals surface area contributed by atoms with Crippen LogP contribution in [0.1, 0.15) is 24.6 Å². The van der Waals surface area contributed by atoms with E-state index in [4.69, 9.17) is 0 Å². The summed E-state index contributed by atoms with van der Waals surface area (Å²) in [6.45, 7) is 6.10. The highest BCUT2D eigenvalue weighted by molar-refractivity contribution is 9.10. The van der Waals surface area contributed by atoms with Crippen LogP contribution in [0.4, 0.5) is 5.69 Å². The maximum Gasteiger partial charge on any atom is 0.0948 e. The minimum atomic E-state index is 0.807. The topological polar surface area (TPSA) is 29.9 Å². The van der Waals surface area contributed by atoms with E-state index in [1.54, 1.807) is 0 Å². The highest BCUT2D eigenvalue weighted by atomic mass is 79.9. The predicted molar refractivity (Wildman–Crippen MR) is 78.7 cm³/mol. The van der Waals surface area contributed by atoms with Crippen LogP contribution in [-0.4, -0.2) is 9.55 Å². The Labute approximate surface area is 116 Å². The van der Waals surface area contributed by atoms with Gasteiger partial charge in [-0.05, 0) is 37.1 Å². The van der Waals surface area contributed by atoms with Gasteiger partial charge in [-0.2, -0.15) is 0 Å². The van der Waals surface area contributed by atoms with Gasteiger partial charge in [-0.1, -0.05) is 22.9 Å². The fourth-order valence-electron chi connectivity index (χ4n) is 1.88. The molecule has 1 aromatic carbocycles. The summed E-state index contributed by atoms with van der Waals surface area (Å²) in [5, 5.41) is 3.43. The Kier molecular flexibility index (Phi) is 4.42. The van der Waals surface area contributed by atoms with Crippen molar-refractivity contribution in [3.05, 3.63) is 46.5 Å². The molecule has 2 aromatic rings. The zero-order valence-corrected chi connectivity index (χ0v) is 12.4. The Morgan fingerprint density at radius 3 is 2.94 bits per heavy atom. The first-order chi connectivity index (χ1) is 8.70. The van der Waals surface area contributed by atoms with Crippen molar-refractivity contribution in [1.29, 1.82) is 0 Å². The van der Waals surface area contributed by atoms with E-state index in [9.17, 15) is 0 Å². The van der Waals surface area contributed by atoms with E-state index in [0.29, 0.717) is 0 Å². The second kappa shape index (κ2) is 6.05. The lowest BCUT2D eigenvalue weighted by Crippen LogP contribution is -2.07. The number of anilines is 1. The summed E-state index contributed by atoms with van der Waals surface area (Å²) < 4.78 is 3.34. The fraction of sp³-hybridized carbons (Fsp3) is 0.357. The van der Waals surface area contributed by atoms with Crippen molar-refractivity contribution in [3.8, 4) is 0 Å². The molecule has 1 aromatic heterocycles. The van der Waals surface area contributed by atoms with E-state index < -0.39 is 0 Å². The summed E-state index contributed by atoms with van der Waals surface area (Å²) in [5.74, 6) is 0. The molecule has 0 saturated carbocycles. The second-order valence-corrected chi connectivity index (χ2v) is 5.25. The highest BCUT2D eigenvalue weighted by Crippen LogP contribution is 2.20. The maximum absolute atomic E-state index is 4.20. The van der Waals surface area contributed by atoms with Crippen LogP contribution in [0.2, 0.25) is 0 Å². The third kappa shape index (κ3) is 3.13. The van der Waals surface area contributed by atoms with Gasteiger partial charge in [0.15, 0.2) is 0 Å². The third-order valence-corrected chi connectivity index (χ3v) is 3.78. The standard InChI is InChI=1S/C14H18BrN3/c1-3-6-18-10-16-8-13(18)9-17-12-4-5-14(15)11(2)7-12/h4-5,7-8,10,17H,3,6,9H2,1-2H3. The van der Waals surface area contributed by atoms with Crippen LogP contribution in [0.25, 0.3) is 0 Å². The first kappa shape index (κ1) is 13.1. The van der Waals surface area contributed by atoms with Gasteiger partial charge in [0.2, 0.25) is 0 Å². The molecule has 0 aliphatic carbocycles. The fourth-order valence-corrected chi connectivity index (χ4v) is 2.13. The van der Waals surface area contributed by atoms with Crippen molar-refractivity contribution in [3.63, 3.8) is 0 Å². The summed E-state index contributed by atoms with van der Waals surface area (Å²) in [5.41, 5.74) is 3.60. The van der Waals surface area contributed by atoms with Crippen molar-refractivity contribution >= 4 is 21.6 Å². The molecule has 96 valence electrons. The Morgan fingerprint density at radius 2 is 2.22 bits per heavy atom. The Hall–Kier alpha value is -1.29. The largest absolute Gasteiger partial charge is 0.379 e. The monoisotopic (exact) mass is 307 g/mol. The number of benzene rings is 1. The van der Waals surface area contributed by atoms with E-state index in [0.717, 1.165) is 29.7 Å². The quantitative estimate of drug-likeness (QED) is 0.905. The molecule has 2 rings (SSSR count). The lowest BCUT2D eigenvalue weighted by atomic mass is 10.2. The molecule has 18 heavy (non-hydrogen) atoms. The summed E-state index contributed by atoms with van der Waals surface area (Å²) in [6, 6.07) is 6.29. The first-order valence-electron chi connectivity index (χ1n) is 6.19. The lowest BCUT2D eigenvalue weighted by molar-refractivity contribution is 0.651. The van der Waals surface area contributed by atoms with Gasteiger partial charge >= 0.3 is 0 Å². The molecule has 0 saturated heterocycles. The number of nitrogens with zero attached hydrogens (tertiary/aromatic N) is 2. The van der Waals surface area contributed by atoms with Crippen molar-refractivity contribution < 1.29 is 0 Å². The number of aryl methyl sites for hydroxylation is 2. The van der Waals surface area contributed by atoms with Gasteiger partial charge in [0.25, 0.3) is 0 Å². The molecule has 1 N–H and O–H groups in total. The van der Waals surface area contributed by atoms with E-state index in [1.165, 1.54) is 11.3 Å². The molecule has 0 bridgehead atoms. The molecular formula is C14H18BrN3. The van der Waals surface area contributed by atoms with Crippen molar-refractivity contribution in [1.82, 2.24) is 9.55 Å². The van der Waals surface area contributed by atoms with Crippen LogP contribution >= 0.6 is 15.9 Å². The predicted octanol–water partition coefficient (Wildman–Crippen LogP) is 3.98. The Balaban J connectivity index is 2.02. The van der Waals surface area contributed by atoms with Crippen molar-refractivity contribution in [2.75, 3.05) is 5.32 Å². The summed E-state index contributed by atoms with van der Waals surface area (Å²) >= 11 is 3.51. The van der Waals surface area contributed by atoms with Crippen LogP contribution in [0.15, 0.2) is 35.2 Å². The SMILES string of the molecule is CCCn1cncc1CNc1ccc(Br)c(C)c1. The molecule has 0 spiro atoms. The Bertz CT molecular complexity index is 520. The average molecular weight is 308 g/mol. The van der Waals surface area contributed by atoms with Gasteiger partial charge in [0.1, 0.15) is 0 Å². The van der Waals surface area contributed by atoms with Gasteiger partial charge in [-0.3, -0.25) is 0 Å². The van der Waals surface area contributed by atoms with E-state index >= 15 is 0 Å². The van der Waals surface area contributed by atoms with E-state index in [1.807, 2.05) is 12.5 Å². The van der Waals surface area contributed by atoms with Crippen molar-refractivity contribution in [2.45, 2.75) is 33.4 Å². The normalized spacial score (nSPS) is 10.6. The molecule has 4 heteroatoms. The molecule has 0 unspecified atom stereocenters. The molecule has 0 atom stereocenters. The highest BCUT2D eigenvalue weighted by Gasteiger charge is 2.02. The lowest BCUT2D eigenvalue weighted by Gasteiger charge is -2.10. The van der Waals surface area contributed by atoms with Gasteiger partial charge in [-0.15, -0.1) is 0 Å². The van der Waals surface area contributed by atoms with Crippen LogP contribution in [-0.2, 0) is 13.1 Å². The summed E-state index contributed by atoms with van der Waals surface area (Å²) in [4.78, 5) is 4.20. The number of hydrogen-bond acceptors (Lipinski definition) is 2. The first-order valence-corrected chi connectivity index (χ1v) is 6.99. The molecule has 1 heterocycles. The minimum absolute atomic E-state index is 0.807. The number of halogens is 1. The average Bonchev–Trinajstić information content (AvgIpc) is 2.79. The molecule has 0 fully saturated rings. The third-order valence-electron chi connectivity index (χ3n) is 2.89. The molecule has 3 nitrogen and oxygen atoms in total. The molecule has 0 aliphatic heterocycles. The van der Waals surface area contributed by atoms with Gasteiger partial charge < -0.3 is 9.88 Å². The van der Waals surface area contributed by atoms with E-state index in [-0.39, 0.29) is 0 Å². The van der Waals surface area contributed by atoms with Crippen LogP contribution in [0.5, 0.6) is 0 Å². The molecule has 0 radical (unpaired) electrons. The zero-order valence-electron chi connectivity index (χ0n) is 10.8. The van der Waals surface area contributed by atoms with Crippen LogP contribution in [0.3, 0.4) is 0 Å². The molecular weight excluding hydrogens is 290 g/mol. The van der Waals surface area contributed by atoms with Crippen LogP contribution in [0, 0.1) is 6.92 Å². The number of rotatable bonds is 5. The van der Waals surface area contributed by atoms with Gasteiger partial charge in [0, 0.05) is 22.9 Å². The number of aromatic nitrogens is 2. The van der Waals surface area contributed by atoms with Crippen molar-refractivity contribution in [2.24, 2.45) is 0 Å². The number of nitrogens with one attached hydrogen (secondary N) is 1. The second-order valence-electron chi connectivity index (χ2n) is 4.40. The summed E-state index contributed by atoms with van der Waals surface area (Å²) in [6.07, 6.45) is 4.95. The zero-order chi connectivity index (χ0) is 13.0. The number of hydrogen-bond donors (Lipinski definition) is 1. The summed E-state index contributed by atoms with van der Waals surface area (Å²) in [7, 11) is 0. The molecule has 0 aliphatic rings. The van der Waals surface area contributed by atoms with Crippen LogP contribution < -0.4 is 5.32 Å². The molecule has 0 amide bonds. The van der Waals surface area contributed by atoms with Gasteiger partial charge in [0.05, 0.1) is 18.6 Å². The smallest absolute Gasteiger partial charge is 0.0948 e. The Morgan fingerprint density at radius 1 is 1.39 bits per heavy atom. The van der Waals surface area contributed by atoms with E-state index in [2.05, 4.69) is 62.8 Å². The number of imidazole rings is 1. The minimum Gasteiger partial charge on any atom is -0.379 e. The van der Waals surface area contributed by atoms with Gasteiger partial charge in [-0.25, -0.2) is 4.98 Å². The maximum atomic E-state index is 4.20.